The average molecular weight is 377 g/mol. The van der Waals surface area contributed by atoms with Crippen molar-refractivity contribution in [1.29, 1.82) is 0 Å². The van der Waals surface area contributed by atoms with Crippen molar-refractivity contribution in [3.8, 4) is 5.75 Å². The molecule has 2 aromatic rings. The summed E-state index contributed by atoms with van der Waals surface area (Å²) in [4.78, 5) is 16.7. The number of halogens is 2. The Morgan fingerprint density at radius 3 is 2.80 bits per heavy atom. The van der Waals surface area contributed by atoms with E-state index in [1.54, 1.807) is 19.1 Å². The highest BCUT2D eigenvalue weighted by Crippen LogP contribution is 2.36. The van der Waals surface area contributed by atoms with Crippen molar-refractivity contribution in [3.63, 3.8) is 0 Å². The van der Waals surface area contributed by atoms with Gasteiger partial charge in [0.25, 0.3) is 5.91 Å². The highest BCUT2D eigenvalue weighted by molar-refractivity contribution is 9.10. The summed E-state index contributed by atoms with van der Waals surface area (Å²) in [6.07, 6.45) is 0. The summed E-state index contributed by atoms with van der Waals surface area (Å²) in [7, 11) is 1.51. The van der Waals surface area contributed by atoms with Crippen LogP contribution in [-0.4, -0.2) is 18.0 Å². The number of amides is 1. The first-order valence-corrected chi connectivity index (χ1v) is 7.48. The number of ether oxygens (including phenoxy) is 1. The summed E-state index contributed by atoms with van der Waals surface area (Å²) in [6, 6.07) is 3.30. The largest absolute Gasteiger partial charge is 0.493 e. The summed E-state index contributed by atoms with van der Waals surface area (Å²) in [5.74, 6) is 0.196. The summed E-state index contributed by atoms with van der Waals surface area (Å²) < 4.78 is 5.90. The molecule has 0 bridgehead atoms. The predicted octanol–water partition coefficient (Wildman–Crippen LogP) is 3.71. The first-order chi connectivity index (χ1) is 9.42. The van der Waals surface area contributed by atoms with Crippen LogP contribution in [0.1, 0.15) is 15.4 Å². The van der Waals surface area contributed by atoms with Crippen LogP contribution >= 0.6 is 38.9 Å². The van der Waals surface area contributed by atoms with Crippen molar-refractivity contribution in [2.24, 2.45) is 0 Å². The van der Waals surface area contributed by atoms with Gasteiger partial charge in [0, 0.05) is 5.02 Å². The number of nitrogens with zero attached hydrogens (tertiary/aromatic N) is 1. The lowest BCUT2D eigenvalue weighted by molar-refractivity contribution is 0.102. The lowest BCUT2D eigenvalue weighted by Gasteiger charge is -2.12. The van der Waals surface area contributed by atoms with E-state index >= 15 is 0 Å². The maximum atomic E-state index is 12.2. The first-order valence-electron chi connectivity index (χ1n) is 5.49. The SMILES string of the molecule is COc1c(Br)cc(Cl)cc1NC(=O)c1sc(N)nc1C. The molecule has 1 aromatic carbocycles. The zero-order valence-corrected chi connectivity index (χ0v) is 13.8. The van der Waals surface area contributed by atoms with Crippen molar-refractivity contribution in [2.45, 2.75) is 6.92 Å². The van der Waals surface area contributed by atoms with Crippen LogP contribution in [0, 0.1) is 6.92 Å². The van der Waals surface area contributed by atoms with Gasteiger partial charge in [-0.15, -0.1) is 0 Å². The highest BCUT2D eigenvalue weighted by atomic mass is 79.9. The number of anilines is 2. The minimum absolute atomic E-state index is 0.302. The maximum Gasteiger partial charge on any atom is 0.267 e. The first kappa shape index (κ1) is 15.1. The van der Waals surface area contributed by atoms with E-state index in [1.807, 2.05) is 0 Å². The van der Waals surface area contributed by atoms with Gasteiger partial charge in [0.1, 0.15) is 4.88 Å². The predicted molar refractivity (Wildman–Crippen MR) is 84.9 cm³/mol. The van der Waals surface area contributed by atoms with E-state index in [4.69, 9.17) is 22.1 Å². The van der Waals surface area contributed by atoms with E-state index in [9.17, 15) is 4.79 Å². The van der Waals surface area contributed by atoms with Gasteiger partial charge in [-0.25, -0.2) is 4.98 Å². The Kier molecular flexibility index (Phi) is 4.52. The summed E-state index contributed by atoms with van der Waals surface area (Å²) >= 11 is 10.4. The maximum absolute atomic E-state index is 12.2. The second-order valence-electron chi connectivity index (χ2n) is 3.89. The molecule has 0 radical (unpaired) electrons. The topological polar surface area (TPSA) is 77.2 Å². The van der Waals surface area contributed by atoms with Crippen LogP contribution in [0.5, 0.6) is 5.75 Å². The molecule has 0 saturated carbocycles. The van der Waals surface area contributed by atoms with Crippen LogP contribution in [0.3, 0.4) is 0 Å². The Morgan fingerprint density at radius 1 is 1.55 bits per heavy atom. The van der Waals surface area contributed by atoms with Crippen molar-refractivity contribution in [3.05, 3.63) is 32.2 Å². The molecule has 3 N–H and O–H groups in total. The zero-order valence-electron chi connectivity index (χ0n) is 10.7. The molecule has 1 amide bonds. The Hall–Kier alpha value is -1.31. The van der Waals surface area contributed by atoms with Crippen LogP contribution < -0.4 is 15.8 Å². The number of nitrogen functional groups attached to an aromatic ring is 1. The molecule has 0 fully saturated rings. The molecule has 106 valence electrons. The summed E-state index contributed by atoms with van der Waals surface area (Å²) in [5.41, 5.74) is 6.65. The molecular weight excluding hydrogens is 366 g/mol. The molecule has 0 aliphatic heterocycles. The van der Waals surface area contributed by atoms with Crippen LogP contribution in [0.4, 0.5) is 10.8 Å². The Balaban J connectivity index is 2.35. The van der Waals surface area contributed by atoms with Gasteiger partial charge in [-0.3, -0.25) is 4.79 Å². The number of thiazole rings is 1. The fourth-order valence-electron chi connectivity index (χ4n) is 1.67. The minimum Gasteiger partial charge on any atom is -0.493 e. The van der Waals surface area contributed by atoms with Gasteiger partial charge in [0.2, 0.25) is 0 Å². The van der Waals surface area contributed by atoms with E-state index < -0.39 is 0 Å². The number of aryl methyl sites for hydroxylation is 1. The van der Waals surface area contributed by atoms with Gasteiger partial charge < -0.3 is 15.8 Å². The summed E-state index contributed by atoms with van der Waals surface area (Å²) in [6.45, 7) is 1.73. The third kappa shape index (κ3) is 3.05. The van der Waals surface area contributed by atoms with Gasteiger partial charge in [0.15, 0.2) is 10.9 Å². The number of aromatic nitrogens is 1. The Labute approximate surface area is 133 Å². The number of hydrogen-bond donors (Lipinski definition) is 2. The monoisotopic (exact) mass is 375 g/mol. The van der Waals surface area contributed by atoms with Gasteiger partial charge in [0.05, 0.1) is 23.0 Å². The number of hydrogen-bond acceptors (Lipinski definition) is 5. The molecule has 0 atom stereocenters. The van der Waals surface area contributed by atoms with E-state index in [0.29, 0.717) is 36.6 Å². The molecule has 8 heteroatoms. The molecule has 0 aliphatic rings. The second-order valence-corrected chi connectivity index (χ2v) is 6.21. The van der Waals surface area contributed by atoms with E-state index in [-0.39, 0.29) is 5.91 Å². The van der Waals surface area contributed by atoms with Crippen molar-refractivity contribution in [1.82, 2.24) is 4.98 Å². The number of carbonyl (C=O) groups is 1. The molecule has 0 unspecified atom stereocenters. The zero-order chi connectivity index (χ0) is 14.9. The highest BCUT2D eigenvalue weighted by Gasteiger charge is 2.17. The normalized spacial score (nSPS) is 10.4. The quantitative estimate of drug-likeness (QED) is 0.856. The van der Waals surface area contributed by atoms with Gasteiger partial charge in [-0.05, 0) is 35.0 Å². The fourth-order valence-corrected chi connectivity index (χ4v) is 3.37. The number of carbonyl (C=O) groups excluding carboxylic acids is 1. The lowest BCUT2D eigenvalue weighted by Crippen LogP contribution is -2.12. The van der Waals surface area contributed by atoms with Gasteiger partial charge in [-0.2, -0.15) is 0 Å². The van der Waals surface area contributed by atoms with Crippen LogP contribution in [0.25, 0.3) is 0 Å². The second kappa shape index (κ2) is 5.99. The number of rotatable bonds is 3. The Morgan fingerprint density at radius 2 is 2.25 bits per heavy atom. The Bertz CT molecular complexity index is 675. The van der Waals surface area contributed by atoms with Crippen molar-refractivity contribution in [2.75, 3.05) is 18.2 Å². The van der Waals surface area contributed by atoms with Crippen molar-refractivity contribution < 1.29 is 9.53 Å². The van der Waals surface area contributed by atoms with E-state index in [1.165, 1.54) is 7.11 Å². The molecule has 1 aromatic heterocycles. The van der Waals surface area contributed by atoms with Gasteiger partial charge in [-0.1, -0.05) is 22.9 Å². The number of nitrogens with two attached hydrogens (primary N) is 1. The molecule has 20 heavy (non-hydrogen) atoms. The fraction of sp³-hybridized carbons (Fsp3) is 0.167. The molecule has 0 aliphatic carbocycles. The molecule has 2 rings (SSSR count). The molecule has 0 spiro atoms. The number of benzene rings is 1. The standard InChI is InChI=1S/C12H11BrClN3O2S/c1-5-10(20-12(15)16-5)11(18)17-8-4-6(14)3-7(13)9(8)19-2/h3-4H,1-2H3,(H2,15,16)(H,17,18). The molecular formula is C12H11BrClN3O2S. The number of nitrogens with one attached hydrogen (secondary N) is 1. The third-order valence-electron chi connectivity index (χ3n) is 2.48. The van der Waals surface area contributed by atoms with Crippen LogP contribution in [0.2, 0.25) is 5.02 Å². The minimum atomic E-state index is -0.302. The summed E-state index contributed by atoms with van der Waals surface area (Å²) in [5, 5.41) is 3.58. The van der Waals surface area contributed by atoms with Gasteiger partial charge >= 0.3 is 0 Å². The van der Waals surface area contributed by atoms with E-state index in [2.05, 4.69) is 26.2 Å². The van der Waals surface area contributed by atoms with Crippen LogP contribution in [0.15, 0.2) is 16.6 Å². The molecule has 1 heterocycles. The van der Waals surface area contributed by atoms with Crippen LogP contribution in [-0.2, 0) is 0 Å². The molecule has 0 saturated heterocycles. The van der Waals surface area contributed by atoms with Crippen molar-refractivity contribution >= 4 is 55.6 Å². The lowest BCUT2D eigenvalue weighted by atomic mass is 10.2. The average Bonchev–Trinajstić information content (AvgIpc) is 2.68. The van der Waals surface area contributed by atoms with E-state index in [0.717, 1.165) is 11.3 Å². The molecule has 5 nitrogen and oxygen atoms in total. The number of methoxy groups -OCH3 is 1. The smallest absolute Gasteiger partial charge is 0.267 e. The third-order valence-corrected chi connectivity index (χ3v) is 4.27.